The molecule has 172 valence electrons. The number of hydrogen-bond acceptors (Lipinski definition) is 3. The van der Waals surface area contributed by atoms with Gasteiger partial charge in [0.15, 0.2) is 0 Å². The molecule has 5 rings (SSSR count). The Bertz CT molecular complexity index is 1310. The number of aromatic nitrogens is 3. The third-order valence-corrected chi connectivity index (χ3v) is 6.03. The second kappa shape index (κ2) is 9.03. The van der Waals surface area contributed by atoms with Gasteiger partial charge in [-0.3, -0.25) is 4.79 Å². The molecule has 0 unspecified atom stereocenters. The summed E-state index contributed by atoms with van der Waals surface area (Å²) in [5.41, 5.74) is 3.91. The van der Waals surface area contributed by atoms with Crippen LogP contribution >= 0.6 is 12.4 Å². The van der Waals surface area contributed by atoms with E-state index in [1.54, 1.807) is 12.3 Å². The Morgan fingerprint density at radius 2 is 1.48 bits per heavy atom. The van der Waals surface area contributed by atoms with Gasteiger partial charge in [0.05, 0.1) is 17.5 Å². The van der Waals surface area contributed by atoms with Gasteiger partial charge in [-0.05, 0) is 54.8 Å². The van der Waals surface area contributed by atoms with E-state index in [2.05, 4.69) is 15.4 Å². The lowest BCUT2D eigenvalue weighted by Gasteiger charge is -2.23. The van der Waals surface area contributed by atoms with Crippen molar-refractivity contribution in [2.24, 2.45) is 0 Å². The van der Waals surface area contributed by atoms with Crippen LogP contribution in [0.4, 0.5) is 13.2 Å². The van der Waals surface area contributed by atoms with Crippen LogP contribution in [-0.2, 0) is 6.18 Å². The number of rotatable bonds is 3. The molecule has 0 spiro atoms. The number of halogens is 4. The lowest BCUT2D eigenvalue weighted by atomic mass is 9.94. The molecular weight excluding hydrogens is 453 g/mol. The Labute approximate surface area is 194 Å². The molecule has 1 fully saturated rings. The summed E-state index contributed by atoms with van der Waals surface area (Å²) in [6.45, 7) is 1.83. The summed E-state index contributed by atoms with van der Waals surface area (Å²) in [5, 5.41) is 7.88. The third kappa shape index (κ3) is 4.54. The van der Waals surface area contributed by atoms with Crippen molar-refractivity contribution in [3.05, 3.63) is 82.4 Å². The summed E-state index contributed by atoms with van der Waals surface area (Å²) in [4.78, 5) is 15.3. The van der Waals surface area contributed by atoms with E-state index in [1.807, 2.05) is 28.8 Å². The maximum absolute atomic E-state index is 12.8. The molecule has 0 saturated carbocycles. The largest absolute Gasteiger partial charge is 0.416 e. The average Bonchev–Trinajstić information content (AvgIpc) is 3.22. The van der Waals surface area contributed by atoms with Crippen molar-refractivity contribution >= 4 is 18.1 Å². The van der Waals surface area contributed by atoms with E-state index in [-0.39, 0.29) is 23.9 Å². The van der Waals surface area contributed by atoms with Crippen molar-refractivity contribution in [2.45, 2.75) is 24.9 Å². The lowest BCUT2D eigenvalue weighted by Crippen LogP contribution is -2.28. The van der Waals surface area contributed by atoms with E-state index < -0.39 is 11.7 Å². The zero-order valence-corrected chi connectivity index (χ0v) is 18.3. The molecule has 33 heavy (non-hydrogen) atoms. The minimum atomic E-state index is -4.35. The van der Waals surface area contributed by atoms with E-state index >= 15 is 0 Å². The molecule has 0 aliphatic carbocycles. The van der Waals surface area contributed by atoms with Gasteiger partial charge in [0.25, 0.3) is 5.56 Å². The van der Waals surface area contributed by atoms with Gasteiger partial charge in [-0.1, -0.05) is 36.4 Å². The summed E-state index contributed by atoms with van der Waals surface area (Å²) in [7, 11) is 0. The topological polar surface area (TPSA) is 62.2 Å². The fourth-order valence-electron chi connectivity index (χ4n) is 4.33. The predicted molar refractivity (Wildman–Crippen MR) is 124 cm³/mol. The number of hydrogen-bond donors (Lipinski definition) is 2. The second-order valence-corrected chi connectivity index (χ2v) is 8.05. The molecule has 1 saturated heterocycles. The highest BCUT2D eigenvalue weighted by atomic mass is 35.5. The number of benzene rings is 2. The van der Waals surface area contributed by atoms with Gasteiger partial charge in [-0.25, -0.2) is 4.52 Å². The molecule has 2 N–H and O–H groups in total. The molecule has 0 amide bonds. The highest BCUT2D eigenvalue weighted by molar-refractivity contribution is 5.85. The zero-order valence-electron chi connectivity index (χ0n) is 17.5. The fourth-order valence-corrected chi connectivity index (χ4v) is 4.33. The van der Waals surface area contributed by atoms with E-state index in [0.717, 1.165) is 60.4 Å². The van der Waals surface area contributed by atoms with Crippen molar-refractivity contribution in [3.63, 3.8) is 0 Å². The van der Waals surface area contributed by atoms with Crippen LogP contribution in [0, 0.1) is 0 Å². The molecule has 1 aliphatic heterocycles. The number of alkyl halides is 3. The maximum Gasteiger partial charge on any atom is 0.416 e. The van der Waals surface area contributed by atoms with Crippen molar-refractivity contribution in [1.82, 2.24) is 19.9 Å². The number of aromatic amines is 1. The molecule has 4 aromatic rings. The highest BCUT2D eigenvalue weighted by Crippen LogP contribution is 2.32. The molecule has 9 heteroatoms. The monoisotopic (exact) mass is 474 g/mol. The Morgan fingerprint density at radius 3 is 2.09 bits per heavy atom. The van der Waals surface area contributed by atoms with E-state index in [1.165, 1.54) is 12.1 Å². The highest BCUT2D eigenvalue weighted by Gasteiger charge is 2.30. The minimum absolute atomic E-state index is 0. The number of H-pyrrole nitrogens is 1. The van der Waals surface area contributed by atoms with Crippen molar-refractivity contribution in [1.29, 1.82) is 0 Å². The normalized spacial score (nSPS) is 14.9. The van der Waals surface area contributed by atoms with Gasteiger partial charge in [-0.2, -0.15) is 18.3 Å². The molecule has 0 bridgehead atoms. The Hall–Kier alpha value is -3.10. The number of fused-ring (bicyclic) bond motifs is 1. The Kier molecular flexibility index (Phi) is 6.32. The summed E-state index contributed by atoms with van der Waals surface area (Å²) in [5.74, 6) is 0.274. The van der Waals surface area contributed by atoms with Crippen LogP contribution in [-0.4, -0.2) is 27.7 Å². The molecule has 2 aromatic carbocycles. The van der Waals surface area contributed by atoms with Crippen molar-refractivity contribution in [2.75, 3.05) is 13.1 Å². The standard InChI is InChI=1S/C24H21F3N4O.ClH/c25-24(26,27)19-7-5-16(6-8-19)15-1-3-17(4-2-15)20-14-29-31-21(13-22(32)30-23(20)31)18-9-11-28-12-10-18;/h1-8,13-14,18,28H,9-12H2,(H,30,32);1H. The van der Waals surface area contributed by atoms with Crippen LogP contribution in [0.5, 0.6) is 0 Å². The van der Waals surface area contributed by atoms with Gasteiger partial charge in [0, 0.05) is 17.5 Å². The zero-order chi connectivity index (χ0) is 22.3. The Balaban J connectivity index is 0.00000259. The summed E-state index contributed by atoms with van der Waals surface area (Å²) >= 11 is 0. The van der Waals surface area contributed by atoms with Crippen molar-refractivity contribution in [3.8, 4) is 22.3 Å². The van der Waals surface area contributed by atoms with Crippen LogP contribution in [0.15, 0.2) is 65.6 Å². The molecule has 0 radical (unpaired) electrons. The first-order valence-electron chi connectivity index (χ1n) is 10.5. The molecule has 0 atom stereocenters. The molecule has 5 nitrogen and oxygen atoms in total. The molecule has 1 aliphatic rings. The van der Waals surface area contributed by atoms with Crippen LogP contribution in [0.1, 0.15) is 30.0 Å². The van der Waals surface area contributed by atoms with Crippen LogP contribution in [0.25, 0.3) is 27.9 Å². The fraction of sp³-hybridized carbons (Fsp3) is 0.250. The first kappa shape index (κ1) is 23.1. The van der Waals surface area contributed by atoms with Crippen LogP contribution < -0.4 is 10.9 Å². The summed E-state index contributed by atoms with van der Waals surface area (Å²) in [6.07, 6.45) is -0.704. The number of nitrogens with one attached hydrogen (secondary N) is 2. The van der Waals surface area contributed by atoms with Crippen molar-refractivity contribution < 1.29 is 13.2 Å². The quantitative estimate of drug-likeness (QED) is 0.425. The smallest absolute Gasteiger partial charge is 0.317 e. The van der Waals surface area contributed by atoms with Crippen LogP contribution in [0.3, 0.4) is 0 Å². The number of piperidine rings is 1. The molecular formula is C24H22ClF3N4O. The van der Waals surface area contributed by atoms with Gasteiger partial charge < -0.3 is 10.3 Å². The number of nitrogens with zero attached hydrogens (tertiary/aromatic N) is 2. The van der Waals surface area contributed by atoms with Gasteiger partial charge >= 0.3 is 6.18 Å². The summed E-state index contributed by atoms with van der Waals surface area (Å²) in [6, 6.07) is 14.2. The Morgan fingerprint density at radius 1 is 0.909 bits per heavy atom. The van der Waals surface area contributed by atoms with E-state index in [4.69, 9.17) is 0 Å². The van der Waals surface area contributed by atoms with Gasteiger partial charge in [-0.15, -0.1) is 12.4 Å². The average molecular weight is 475 g/mol. The molecule has 3 heterocycles. The first-order valence-corrected chi connectivity index (χ1v) is 10.5. The van der Waals surface area contributed by atoms with E-state index in [0.29, 0.717) is 11.2 Å². The second-order valence-electron chi connectivity index (χ2n) is 8.05. The van der Waals surface area contributed by atoms with Gasteiger partial charge in [0.2, 0.25) is 0 Å². The summed E-state index contributed by atoms with van der Waals surface area (Å²) < 4.78 is 40.2. The maximum atomic E-state index is 12.8. The minimum Gasteiger partial charge on any atom is -0.317 e. The van der Waals surface area contributed by atoms with Crippen LogP contribution in [0.2, 0.25) is 0 Å². The third-order valence-electron chi connectivity index (χ3n) is 6.03. The first-order chi connectivity index (χ1) is 15.4. The predicted octanol–water partition coefficient (Wildman–Crippen LogP) is 5.26. The lowest BCUT2D eigenvalue weighted by molar-refractivity contribution is -0.137. The molecule has 2 aromatic heterocycles. The van der Waals surface area contributed by atoms with Gasteiger partial charge in [0.1, 0.15) is 5.65 Å². The van der Waals surface area contributed by atoms with E-state index in [9.17, 15) is 18.0 Å². The SMILES string of the molecule is Cl.O=c1cc(C2CCNCC2)n2ncc(-c3ccc(-c4ccc(C(F)(F)F)cc4)cc3)c2[nH]1.